The van der Waals surface area contributed by atoms with Gasteiger partial charge >= 0.3 is 0 Å². The number of sulfonamides is 1. The van der Waals surface area contributed by atoms with E-state index in [1.165, 1.54) is 18.6 Å². The van der Waals surface area contributed by atoms with Crippen molar-refractivity contribution in [3.8, 4) is 0 Å². The molecule has 1 aliphatic carbocycles. The summed E-state index contributed by atoms with van der Waals surface area (Å²) in [5.74, 6) is 0.820. The van der Waals surface area contributed by atoms with Crippen LogP contribution in [0.4, 0.5) is 15.8 Å². The van der Waals surface area contributed by atoms with E-state index >= 15 is 0 Å². The molecule has 0 bridgehead atoms. The summed E-state index contributed by atoms with van der Waals surface area (Å²) in [6.45, 7) is 4.52. The predicted octanol–water partition coefficient (Wildman–Crippen LogP) is 3.43. The SMILES string of the molecule is CC1CCC(Nc2ccc(F)c(NS(C)(=O)=O)c2)CC1C. The zero-order valence-corrected chi connectivity index (χ0v) is 13.5. The van der Waals surface area contributed by atoms with Crippen molar-refractivity contribution < 1.29 is 12.8 Å². The molecule has 6 heteroatoms. The van der Waals surface area contributed by atoms with Gasteiger partial charge in [-0.15, -0.1) is 0 Å². The van der Waals surface area contributed by atoms with Crippen LogP contribution in [0.5, 0.6) is 0 Å². The van der Waals surface area contributed by atoms with Crippen molar-refractivity contribution in [2.24, 2.45) is 11.8 Å². The van der Waals surface area contributed by atoms with Gasteiger partial charge in [0, 0.05) is 11.7 Å². The quantitative estimate of drug-likeness (QED) is 0.895. The molecule has 2 rings (SSSR count). The Morgan fingerprint density at radius 1 is 1.19 bits per heavy atom. The first kappa shape index (κ1) is 16.1. The maximum absolute atomic E-state index is 13.6. The maximum atomic E-state index is 13.6. The largest absolute Gasteiger partial charge is 0.382 e. The molecule has 1 aromatic rings. The molecule has 0 saturated heterocycles. The average Bonchev–Trinajstić information content (AvgIpc) is 2.36. The minimum absolute atomic E-state index is 0.0141. The second-order valence-corrected chi connectivity index (χ2v) is 7.93. The van der Waals surface area contributed by atoms with Crippen molar-refractivity contribution in [1.82, 2.24) is 0 Å². The van der Waals surface area contributed by atoms with Crippen LogP contribution in [0.3, 0.4) is 0 Å². The maximum Gasteiger partial charge on any atom is 0.229 e. The number of nitrogens with one attached hydrogen (secondary N) is 2. The van der Waals surface area contributed by atoms with Crippen molar-refractivity contribution in [1.29, 1.82) is 0 Å². The molecule has 0 radical (unpaired) electrons. The van der Waals surface area contributed by atoms with E-state index in [2.05, 4.69) is 23.9 Å². The van der Waals surface area contributed by atoms with E-state index in [-0.39, 0.29) is 5.69 Å². The molecule has 1 aliphatic rings. The van der Waals surface area contributed by atoms with Crippen molar-refractivity contribution >= 4 is 21.4 Å². The van der Waals surface area contributed by atoms with E-state index < -0.39 is 15.8 Å². The molecule has 118 valence electrons. The number of halogens is 1. The molecule has 0 aliphatic heterocycles. The van der Waals surface area contributed by atoms with Crippen molar-refractivity contribution in [2.75, 3.05) is 16.3 Å². The van der Waals surface area contributed by atoms with Crippen LogP contribution in [0.2, 0.25) is 0 Å². The third-order valence-corrected chi connectivity index (χ3v) is 4.82. The smallest absolute Gasteiger partial charge is 0.229 e. The highest BCUT2D eigenvalue weighted by atomic mass is 32.2. The van der Waals surface area contributed by atoms with Crippen molar-refractivity contribution in [2.45, 2.75) is 39.2 Å². The van der Waals surface area contributed by atoms with E-state index in [1.807, 2.05) is 0 Å². The Morgan fingerprint density at radius 3 is 2.52 bits per heavy atom. The molecular formula is C15H23FN2O2S. The van der Waals surface area contributed by atoms with Gasteiger partial charge < -0.3 is 5.32 Å². The fourth-order valence-corrected chi connectivity index (χ4v) is 3.36. The Kier molecular flexibility index (Phi) is 4.76. The molecule has 4 nitrogen and oxygen atoms in total. The highest BCUT2D eigenvalue weighted by Gasteiger charge is 2.24. The zero-order chi connectivity index (χ0) is 15.6. The predicted molar refractivity (Wildman–Crippen MR) is 84.5 cm³/mol. The third kappa shape index (κ3) is 4.59. The van der Waals surface area contributed by atoms with Gasteiger partial charge in [0.05, 0.1) is 11.9 Å². The lowest BCUT2D eigenvalue weighted by Crippen LogP contribution is -2.30. The summed E-state index contributed by atoms with van der Waals surface area (Å²) in [6.07, 6.45) is 4.34. The highest BCUT2D eigenvalue weighted by molar-refractivity contribution is 7.92. The Bertz CT molecular complexity index is 604. The van der Waals surface area contributed by atoms with Crippen LogP contribution in [0, 0.1) is 17.7 Å². The molecule has 0 heterocycles. The highest BCUT2D eigenvalue weighted by Crippen LogP contribution is 2.31. The summed E-state index contributed by atoms with van der Waals surface area (Å²) >= 11 is 0. The molecule has 1 saturated carbocycles. The second kappa shape index (κ2) is 6.22. The second-order valence-electron chi connectivity index (χ2n) is 6.18. The Balaban J connectivity index is 2.09. The van der Waals surface area contributed by atoms with Crippen LogP contribution in [0.1, 0.15) is 33.1 Å². The number of rotatable bonds is 4. The molecule has 2 N–H and O–H groups in total. The van der Waals surface area contributed by atoms with Crippen LogP contribution in [-0.2, 0) is 10.0 Å². The first-order chi connectivity index (χ1) is 9.74. The molecule has 3 atom stereocenters. The average molecular weight is 314 g/mol. The number of benzene rings is 1. The van der Waals surface area contributed by atoms with Crippen LogP contribution in [0.15, 0.2) is 18.2 Å². The minimum atomic E-state index is -3.48. The topological polar surface area (TPSA) is 58.2 Å². The fourth-order valence-electron chi connectivity index (χ4n) is 2.81. The van der Waals surface area contributed by atoms with Crippen LogP contribution in [-0.4, -0.2) is 20.7 Å². The Hall–Kier alpha value is -1.30. The molecule has 0 amide bonds. The van der Waals surface area contributed by atoms with Gasteiger partial charge in [-0.25, -0.2) is 12.8 Å². The van der Waals surface area contributed by atoms with Crippen LogP contribution < -0.4 is 10.0 Å². The zero-order valence-electron chi connectivity index (χ0n) is 12.7. The molecule has 0 spiro atoms. The lowest BCUT2D eigenvalue weighted by Gasteiger charge is -2.33. The Labute approximate surface area is 126 Å². The van der Waals surface area contributed by atoms with Gasteiger partial charge in [-0.3, -0.25) is 4.72 Å². The summed E-state index contributed by atoms with van der Waals surface area (Å²) < 4.78 is 38.3. The molecule has 0 aromatic heterocycles. The van der Waals surface area contributed by atoms with E-state index in [9.17, 15) is 12.8 Å². The standard InChI is InChI=1S/C15H23FN2O2S/c1-10-4-5-12(8-11(10)2)17-13-6-7-14(16)15(9-13)18-21(3,19)20/h6-7,9-12,17-18H,4-5,8H2,1-3H3. The third-order valence-electron chi connectivity index (χ3n) is 4.23. The number of hydrogen-bond acceptors (Lipinski definition) is 3. The van der Waals surface area contributed by atoms with Gasteiger partial charge in [0.1, 0.15) is 5.82 Å². The lowest BCUT2D eigenvalue weighted by atomic mass is 9.79. The van der Waals surface area contributed by atoms with Gasteiger partial charge in [-0.1, -0.05) is 13.8 Å². The number of hydrogen-bond donors (Lipinski definition) is 2. The molecular weight excluding hydrogens is 291 g/mol. The van der Waals surface area contributed by atoms with Crippen molar-refractivity contribution in [3.63, 3.8) is 0 Å². The Morgan fingerprint density at radius 2 is 1.90 bits per heavy atom. The molecule has 3 unspecified atom stereocenters. The summed E-state index contributed by atoms with van der Waals surface area (Å²) in [5.41, 5.74) is 0.731. The monoisotopic (exact) mass is 314 g/mol. The van der Waals surface area contributed by atoms with Gasteiger partial charge in [-0.2, -0.15) is 0 Å². The normalized spacial score (nSPS) is 26.4. The summed E-state index contributed by atoms with van der Waals surface area (Å²) in [6, 6.07) is 4.79. The molecule has 21 heavy (non-hydrogen) atoms. The first-order valence-electron chi connectivity index (χ1n) is 7.28. The van der Waals surface area contributed by atoms with E-state index in [4.69, 9.17) is 0 Å². The molecule has 1 aromatic carbocycles. The summed E-state index contributed by atoms with van der Waals surface area (Å²) in [5, 5.41) is 3.38. The first-order valence-corrected chi connectivity index (χ1v) is 9.17. The summed E-state index contributed by atoms with van der Waals surface area (Å²) in [7, 11) is -3.48. The lowest BCUT2D eigenvalue weighted by molar-refractivity contribution is 0.261. The van der Waals surface area contributed by atoms with E-state index in [0.29, 0.717) is 12.0 Å². The van der Waals surface area contributed by atoms with E-state index in [0.717, 1.165) is 30.7 Å². The minimum Gasteiger partial charge on any atom is -0.382 e. The van der Waals surface area contributed by atoms with Crippen LogP contribution in [0.25, 0.3) is 0 Å². The van der Waals surface area contributed by atoms with Gasteiger partial charge in [0.25, 0.3) is 0 Å². The van der Waals surface area contributed by atoms with Crippen molar-refractivity contribution in [3.05, 3.63) is 24.0 Å². The van der Waals surface area contributed by atoms with Gasteiger partial charge in [-0.05, 0) is 49.3 Å². The number of anilines is 2. The van der Waals surface area contributed by atoms with E-state index in [1.54, 1.807) is 6.07 Å². The van der Waals surface area contributed by atoms with Gasteiger partial charge in [0.2, 0.25) is 10.0 Å². The summed E-state index contributed by atoms with van der Waals surface area (Å²) in [4.78, 5) is 0. The fraction of sp³-hybridized carbons (Fsp3) is 0.600. The van der Waals surface area contributed by atoms with Gasteiger partial charge in [0.15, 0.2) is 0 Å². The van der Waals surface area contributed by atoms with Crippen LogP contribution >= 0.6 is 0 Å². The molecule has 1 fully saturated rings.